The first-order valence-electron chi connectivity index (χ1n) is 9.61. The zero-order chi connectivity index (χ0) is 20.7. The van der Waals surface area contributed by atoms with Crippen molar-refractivity contribution in [3.8, 4) is 0 Å². The molecule has 0 atom stereocenters. The molecule has 1 aromatic rings. The van der Waals surface area contributed by atoms with Gasteiger partial charge in [-0.05, 0) is 62.8 Å². The van der Waals surface area contributed by atoms with Crippen LogP contribution < -0.4 is 4.90 Å². The van der Waals surface area contributed by atoms with Crippen molar-refractivity contribution in [2.24, 2.45) is 0 Å². The molecule has 2 aliphatic rings. The van der Waals surface area contributed by atoms with Crippen LogP contribution in [0.3, 0.4) is 0 Å². The summed E-state index contributed by atoms with van der Waals surface area (Å²) in [5.74, 6) is 0.584. The maximum atomic E-state index is 11.8. The van der Waals surface area contributed by atoms with E-state index in [-0.39, 0.29) is 11.0 Å². The van der Waals surface area contributed by atoms with Gasteiger partial charge in [0.05, 0.1) is 11.2 Å². The predicted molar refractivity (Wildman–Crippen MR) is 115 cm³/mol. The first-order valence-corrected chi connectivity index (χ1v) is 10.6. The molecular formula is C21H28BNO4S. The van der Waals surface area contributed by atoms with E-state index < -0.39 is 18.3 Å². The number of carbonyl (C=O) groups is 2. The maximum absolute atomic E-state index is 11.8. The van der Waals surface area contributed by atoms with E-state index in [4.69, 9.17) is 9.31 Å². The number of carbonyl (C=O) groups excluding carboxylic acids is 2. The van der Waals surface area contributed by atoms with Crippen LogP contribution in [0.5, 0.6) is 0 Å². The van der Waals surface area contributed by atoms with Crippen molar-refractivity contribution in [1.82, 2.24) is 0 Å². The van der Waals surface area contributed by atoms with Crippen LogP contribution in [0.25, 0.3) is 6.08 Å². The molecule has 0 aromatic heterocycles. The van der Waals surface area contributed by atoms with Crippen molar-refractivity contribution >= 4 is 41.7 Å². The summed E-state index contributed by atoms with van der Waals surface area (Å²) in [5.41, 5.74) is 3.24. The first kappa shape index (κ1) is 21.2. The van der Waals surface area contributed by atoms with Gasteiger partial charge in [-0.15, -0.1) is 0 Å². The summed E-state index contributed by atoms with van der Waals surface area (Å²) in [6.45, 7) is 12.0. The van der Waals surface area contributed by atoms with Crippen LogP contribution in [0.4, 0.5) is 5.69 Å². The van der Waals surface area contributed by atoms with Gasteiger partial charge in [-0.2, -0.15) is 0 Å². The second-order valence-electron chi connectivity index (χ2n) is 8.40. The molecule has 0 unspecified atom stereocenters. The minimum Gasteiger partial charge on any atom is -0.400 e. The molecule has 3 rings (SSSR count). The highest BCUT2D eigenvalue weighted by atomic mass is 32.2. The summed E-state index contributed by atoms with van der Waals surface area (Å²) < 4.78 is 12.4. The number of anilines is 1. The van der Waals surface area contributed by atoms with Gasteiger partial charge in [-0.1, -0.05) is 23.9 Å². The van der Waals surface area contributed by atoms with E-state index in [9.17, 15) is 9.59 Å². The fourth-order valence-electron chi connectivity index (χ4n) is 3.41. The standard InChI is InChI=1S/C21H28BNO4S/c1-14(24)23-10-9-17-11-16(7-8-19(17)23)12-18(13-28-15(2)25)22-26-20(3,4)21(5,6)27-22/h7-8,11-12H,9-10,13H2,1-6H3. The van der Waals surface area contributed by atoms with Crippen LogP contribution in [0.2, 0.25) is 0 Å². The normalized spacial score (nSPS) is 20.4. The number of amides is 1. The molecule has 1 saturated heterocycles. The topological polar surface area (TPSA) is 55.8 Å². The molecule has 1 amide bonds. The molecule has 2 heterocycles. The van der Waals surface area contributed by atoms with Gasteiger partial charge in [-0.25, -0.2) is 0 Å². The number of hydrogen-bond donors (Lipinski definition) is 0. The highest BCUT2D eigenvalue weighted by molar-refractivity contribution is 8.13. The maximum Gasteiger partial charge on any atom is 0.491 e. The summed E-state index contributed by atoms with van der Waals surface area (Å²) in [4.78, 5) is 25.1. The van der Waals surface area contributed by atoms with E-state index in [0.717, 1.165) is 35.3 Å². The Morgan fingerprint density at radius 2 is 1.82 bits per heavy atom. The second-order valence-corrected chi connectivity index (χ2v) is 9.55. The molecule has 28 heavy (non-hydrogen) atoms. The Morgan fingerprint density at radius 1 is 1.18 bits per heavy atom. The summed E-state index contributed by atoms with van der Waals surface area (Å²) in [6.07, 6.45) is 2.90. The van der Waals surface area contributed by atoms with Crippen LogP contribution in [0.1, 0.15) is 52.7 Å². The van der Waals surface area contributed by atoms with Crippen LogP contribution in [0.15, 0.2) is 23.7 Å². The van der Waals surface area contributed by atoms with Gasteiger partial charge in [-0.3, -0.25) is 9.59 Å². The number of hydrogen-bond acceptors (Lipinski definition) is 5. The van der Waals surface area contributed by atoms with Gasteiger partial charge in [0.2, 0.25) is 5.91 Å². The lowest BCUT2D eigenvalue weighted by Gasteiger charge is -2.32. The molecule has 1 fully saturated rings. The van der Waals surface area contributed by atoms with Crippen molar-refractivity contribution in [2.45, 2.75) is 59.2 Å². The Labute approximate surface area is 172 Å². The van der Waals surface area contributed by atoms with Crippen molar-refractivity contribution in [3.63, 3.8) is 0 Å². The zero-order valence-corrected chi connectivity index (χ0v) is 18.3. The molecule has 0 spiro atoms. The lowest BCUT2D eigenvalue weighted by molar-refractivity contribution is -0.116. The molecule has 0 bridgehead atoms. The van der Waals surface area contributed by atoms with E-state index in [1.165, 1.54) is 11.8 Å². The van der Waals surface area contributed by atoms with Crippen LogP contribution in [-0.4, -0.2) is 41.6 Å². The van der Waals surface area contributed by atoms with E-state index in [2.05, 4.69) is 12.1 Å². The number of fused-ring (bicyclic) bond motifs is 1. The second kappa shape index (κ2) is 7.69. The molecule has 0 aliphatic carbocycles. The third-order valence-corrected chi connectivity index (χ3v) is 6.61. The fourth-order valence-corrected chi connectivity index (χ4v) is 4.00. The highest BCUT2D eigenvalue weighted by Crippen LogP contribution is 2.39. The summed E-state index contributed by atoms with van der Waals surface area (Å²) in [6, 6.07) is 6.11. The molecule has 0 radical (unpaired) electrons. The van der Waals surface area contributed by atoms with Crippen molar-refractivity contribution in [2.75, 3.05) is 17.2 Å². The Morgan fingerprint density at radius 3 is 2.39 bits per heavy atom. The van der Waals surface area contributed by atoms with Crippen molar-refractivity contribution in [3.05, 3.63) is 34.8 Å². The Balaban J connectivity index is 1.90. The summed E-state index contributed by atoms with van der Waals surface area (Å²) >= 11 is 1.26. The largest absolute Gasteiger partial charge is 0.491 e. The SMILES string of the molecule is CC(=O)SCC(=Cc1ccc2c(c1)CCN2C(C)=O)B1OC(C)(C)C(C)(C)O1. The molecular weight excluding hydrogens is 373 g/mol. The van der Waals surface area contributed by atoms with Gasteiger partial charge < -0.3 is 14.2 Å². The summed E-state index contributed by atoms with van der Waals surface area (Å²) in [5, 5.41) is 0.0634. The van der Waals surface area contributed by atoms with E-state index >= 15 is 0 Å². The van der Waals surface area contributed by atoms with E-state index in [1.807, 2.05) is 44.7 Å². The van der Waals surface area contributed by atoms with Crippen molar-refractivity contribution < 1.29 is 18.9 Å². The van der Waals surface area contributed by atoms with Gasteiger partial charge in [0.1, 0.15) is 0 Å². The molecule has 5 nitrogen and oxygen atoms in total. The predicted octanol–water partition coefficient (Wildman–Crippen LogP) is 3.89. The van der Waals surface area contributed by atoms with Crippen LogP contribution in [-0.2, 0) is 25.3 Å². The van der Waals surface area contributed by atoms with E-state index in [1.54, 1.807) is 13.8 Å². The average Bonchev–Trinajstić information content (AvgIpc) is 3.09. The van der Waals surface area contributed by atoms with Gasteiger partial charge >= 0.3 is 7.12 Å². The van der Waals surface area contributed by atoms with Gasteiger partial charge in [0, 0.05) is 31.8 Å². The quantitative estimate of drug-likeness (QED) is 0.717. The Hall–Kier alpha value is -1.57. The lowest BCUT2D eigenvalue weighted by atomic mass is 9.78. The average molecular weight is 401 g/mol. The third-order valence-electron chi connectivity index (χ3n) is 5.73. The molecule has 2 aliphatic heterocycles. The van der Waals surface area contributed by atoms with Crippen LogP contribution >= 0.6 is 11.8 Å². The number of nitrogens with zero attached hydrogens (tertiary/aromatic N) is 1. The highest BCUT2D eigenvalue weighted by Gasteiger charge is 2.52. The molecule has 0 saturated carbocycles. The zero-order valence-electron chi connectivity index (χ0n) is 17.5. The summed E-state index contributed by atoms with van der Waals surface area (Å²) in [7, 11) is -0.487. The molecule has 7 heteroatoms. The monoisotopic (exact) mass is 401 g/mol. The van der Waals surface area contributed by atoms with Gasteiger partial charge in [0.15, 0.2) is 5.12 Å². The lowest BCUT2D eigenvalue weighted by Crippen LogP contribution is -2.41. The smallest absolute Gasteiger partial charge is 0.400 e. The molecule has 1 aromatic carbocycles. The molecule has 150 valence electrons. The third kappa shape index (κ3) is 4.21. The number of thioether (sulfide) groups is 1. The number of rotatable bonds is 4. The Bertz CT molecular complexity index is 818. The van der Waals surface area contributed by atoms with Crippen molar-refractivity contribution in [1.29, 1.82) is 0 Å². The number of benzene rings is 1. The fraction of sp³-hybridized carbons (Fsp3) is 0.524. The minimum absolute atomic E-state index is 0.0634. The van der Waals surface area contributed by atoms with Crippen LogP contribution in [0, 0.1) is 0 Å². The van der Waals surface area contributed by atoms with Gasteiger partial charge in [0.25, 0.3) is 0 Å². The Kier molecular flexibility index (Phi) is 5.81. The first-order chi connectivity index (χ1) is 13.0. The van der Waals surface area contributed by atoms with E-state index in [0.29, 0.717) is 5.75 Å². The molecule has 0 N–H and O–H groups in total. The minimum atomic E-state index is -0.487.